The van der Waals surface area contributed by atoms with Gasteiger partial charge in [0.15, 0.2) is 0 Å². The second-order valence-corrected chi connectivity index (χ2v) is 7.66. The number of pyridine rings is 1. The fraction of sp³-hybridized carbons (Fsp3) is 0.273. The number of carbonyl (C=O) groups excluding carboxylic acids is 1. The van der Waals surface area contributed by atoms with Crippen LogP contribution in [-0.4, -0.2) is 49.0 Å². The molecule has 156 valence electrons. The summed E-state index contributed by atoms with van der Waals surface area (Å²) in [6.07, 6.45) is 7.16. The molecule has 5 rings (SSSR count). The molecule has 1 aliphatic rings. The van der Waals surface area contributed by atoms with Crippen molar-refractivity contribution in [2.45, 2.75) is 19.3 Å². The van der Waals surface area contributed by atoms with E-state index < -0.39 is 0 Å². The summed E-state index contributed by atoms with van der Waals surface area (Å²) in [6, 6.07) is 8.74. The molecule has 4 heterocycles. The fourth-order valence-electron chi connectivity index (χ4n) is 4.07. The number of aromatic amines is 1. The molecule has 0 bridgehead atoms. The average molecular weight is 416 g/mol. The smallest absolute Gasteiger partial charge is 0.254 e. The van der Waals surface area contributed by atoms with Crippen molar-refractivity contribution in [3.8, 4) is 11.5 Å². The lowest BCUT2D eigenvalue weighted by Crippen LogP contribution is -2.41. The summed E-state index contributed by atoms with van der Waals surface area (Å²) in [6.45, 7) is 1.23. The number of rotatable bonds is 4. The van der Waals surface area contributed by atoms with Crippen LogP contribution in [0.2, 0.25) is 0 Å². The molecule has 31 heavy (non-hydrogen) atoms. The first-order valence-electron chi connectivity index (χ1n) is 10.2. The third-order valence-electron chi connectivity index (χ3n) is 5.51. The van der Waals surface area contributed by atoms with E-state index in [2.05, 4.69) is 25.1 Å². The number of benzene rings is 1. The van der Waals surface area contributed by atoms with Gasteiger partial charge in [0.25, 0.3) is 5.91 Å². The van der Waals surface area contributed by atoms with Gasteiger partial charge in [-0.1, -0.05) is 23.4 Å². The summed E-state index contributed by atoms with van der Waals surface area (Å²) < 4.78 is 5.40. The number of aromatic nitrogens is 5. The summed E-state index contributed by atoms with van der Waals surface area (Å²) in [5.41, 5.74) is 1.37. The first-order chi connectivity index (χ1) is 15.2. The number of hydrogen-bond acceptors (Lipinski definition) is 7. The zero-order valence-corrected chi connectivity index (χ0v) is 16.7. The van der Waals surface area contributed by atoms with Crippen LogP contribution in [0, 0.1) is 5.92 Å². The number of likely N-dealkylation sites (tertiary alicyclic amines) is 1. The van der Waals surface area contributed by atoms with Gasteiger partial charge in [0.05, 0.1) is 11.8 Å². The Morgan fingerprint density at radius 1 is 1.26 bits per heavy atom. The van der Waals surface area contributed by atoms with Crippen molar-refractivity contribution < 1.29 is 9.32 Å². The van der Waals surface area contributed by atoms with Gasteiger partial charge in [-0.25, -0.2) is 4.98 Å². The minimum absolute atomic E-state index is 0.127. The highest BCUT2D eigenvalue weighted by molar-refractivity contribution is 6.05. The van der Waals surface area contributed by atoms with Crippen molar-refractivity contribution in [1.29, 1.82) is 0 Å². The maximum atomic E-state index is 13.3. The first-order valence-corrected chi connectivity index (χ1v) is 10.2. The van der Waals surface area contributed by atoms with Gasteiger partial charge in [0, 0.05) is 48.9 Å². The zero-order chi connectivity index (χ0) is 21.2. The second-order valence-electron chi connectivity index (χ2n) is 7.66. The van der Waals surface area contributed by atoms with Crippen LogP contribution in [0.4, 0.5) is 0 Å². The molecule has 0 radical (unpaired) electrons. The maximum Gasteiger partial charge on any atom is 0.254 e. The highest BCUT2D eigenvalue weighted by Crippen LogP contribution is 2.24. The number of piperidine rings is 1. The lowest BCUT2D eigenvalue weighted by atomic mass is 9.94. The molecule has 4 aromatic rings. The predicted molar refractivity (Wildman–Crippen MR) is 112 cm³/mol. The molecule has 1 aliphatic heterocycles. The highest BCUT2D eigenvalue weighted by atomic mass is 16.5. The quantitative estimate of drug-likeness (QED) is 0.543. The lowest BCUT2D eigenvalue weighted by molar-refractivity contribution is 0.0670. The molecule has 0 spiro atoms. The lowest BCUT2D eigenvalue weighted by Gasteiger charge is -2.32. The molecule has 1 atom stereocenters. The molecule has 1 fully saturated rings. The summed E-state index contributed by atoms with van der Waals surface area (Å²) in [7, 11) is 0. The molecular weight excluding hydrogens is 396 g/mol. The second kappa shape index (κ2) is 8.10. The van der Waals surface area contributed by atoms with E-state index in [1.165, 1.54) is 6.07 Å². The number of nitrogens with zero attached hydrogens (tertiary/aromatic N) is 5. The molecule has 9 nitrogen and oxygen atoms in total. The third-order valence-corrected chi connectivity index (χ3v) is 5.51. The van der Waals surface area contributed by atoms with E-state index in [1.807, 2.05) is 23.1 Å². The summed E-state index contributed by atoms with van der Waals surface area (Å²) in [4.78, 5) is 42.5. The van der Waals surface area contributed by atoms with Crippen molar-refractivity contribution >= 4 is 16.8 Å². The Balaban J connectivity index is 1.33. The number of fused-ring (bicyclic) bond motifs is 1. The topological polar surface area (TPSA) is 118 Å². The maximum absolute atomic E-state index is 13.3. The van der Waals surface area contributed by atoms with Crippen LogP contribution in [0.3, 0.4) is 0 Å². The summed E-state index contributed by atoms with van der Waals surface area (Å²) >= 11 is 0. The Morgan fingerprint density at radius 2 is 2.16 bits per heavy atom. The van der Waals surface area contributed by atoms with Crippen molar-refractivity contribution in [2.75, 3.05) is 13.1 Å². The Labute approximate surface area is 177 Å². The third kappa shape index (κ3) is 3.94. The van der Waals surface area contributed by atoms with Crippen LogP contribution in [0.25, 0.3) is 22.4 Å². The molecule has 9 heteroatoms. The number of carbonyl (C=O) groups is 1. The van der Waals surface area contributed by atoms with E-state index in [1.54, 1.807) is 24.7 Å². The van der Waals surface area contributed by atoms with Gasteiger partial charge in [0.1, 0.15) is 5.69 Å². The molecule has 1 amide bonds. The minimum Gasteiger partial charge on any atom is -0.339 e. The minimum atomic E-state index is -0.280. The molecule has 1 aromatic carbocycles. The molecule has 0 saturated carbocycles. The van der Waals surface area contributed by atoms with Crippen LogP contribution in [0.15, 0.2) is 58.2 Å². The van der Waals surface area contributed by atoms with Gasteiger partial charge < -0.3 is 14.4 Å². The van der Waals surface area contributed by atoms with Gasteiger partial charge >= 0.3 is 0 Å². The van der Waals surface area contributed by atoms with Gasteiger partial charge in [0.2, 0.25) is 17.3 Å². The van der Waals surface area contributed by atoms with Crippen LogP contribution in [0.5, 0.6) is 0 Å². The van der Waals surface area contributed by atoms with E-state index in [4.69, 9.17) is 4.52 Å². The van der Waals surface area contributed by atoms with Gasteiger partial charge in [-0.2, -0.15) is 4.98 Å². The SMILES string of the molecule is O=C(c1cc(=O)[nH]c2ccccc12)N1CCC[C@@H](Cc2nc(-c3cnccn3)no2)C1. The normalized spacial score (nSPS) is 16.5. The van der Waals surface area contributed by atoms with Crippen LogP contribution in [-0.2, 0) is 6.42 Å². The molecular formula is C22H20N6O3. The van der Waals surface area contributed by atoms with E-state index in [0.29, 0.717) is 48.0 Å². The van der Waals surface area contributed by atoms with Crippen molar-refractivity contribution in [3.63, 3.8) is 0 Å². The Bertz CT molecular complexity index is 1280. The van der Waals surface area contributed by atoms with Crippen molar-refractivity contribution in [2.24, 2.45) is 5.92 Å². The monoisotopic (exact) mass is 416 g/mol. The van der Waals surface area contributed by atoms with E-state index in [0.717, 1.165) is 18.2 Å². The molecule has 0 unspecified atom stereocenters. The first kappa shape index (κ1) is 19.1. The molecule has 1 saturated heterocycles. The van der Waals surface area contributed by atoms with Crippen LogP contribution >= 0.6 is 0 Å². The Morgan fingerprint density at radius 3 is 3.03 bits per heavy atom. The van der Waals surface area contributed by atoms with E-state index >= 15 is 0 Å². The summed E-state index contributed by atoms with van der Waals surface area (Å²) in [5, 5.41) is 4.74. The van der Waals surface area contributed by atoms with E-state index in [-0.39, 0.29) is 17.4 Å². The molecule has 1 N–H and O–H groups in total. The van der Waals surface area contributed by atoms with Crippen molar-refractivity contribution in [1.82, 2.24) is 30.0 Å². The van der Waals surface area contributed by atoms with Gasteiger partial charge in [-0.05, 0) is 24.8 Å². The largest absolute Gasteiger partial charge is 0.339 e. The number of nitrogens with one attached hydrogen (secondary N) is 1. The Kier molecular flexibility index (Phi) is 4.99. The standard InChI is InChI=1S/C22H20N6O3/c29-19-11-16(15-5-1-2-6-17(15)25-19)22(30)28-9-3-4-14(13-28)10-20-26-21(27-31-20)18-12-23-7-8-24-18/h1-2,5-8,11-12,14H,3-4,9-10,13H2,(H,25,29)/t14-/m0/s1. The van der Waals surface area contributed by atoms with Gasteiger partial charge in [-0.3, -0.25) is 14.6 Å². The summed E-state index contributed by atoms with van der Waals surface area (Å²) in [5.74, 6) is 0.988. The molecule has 0 aliphatic carbocycles. The number of amides is 1. The number of H-pyrrole nitrogens is 1. The van der Waals surface area contributed by atoms with E-state index in [9.17, 15) is 9.59 Å². The highest BCUT2D eigenvalue weighted by Gasteiger charge is 2.27. The van der Waals surface area contributed by atoms with Crippen molar-refractivity contribution in [3.05, 3.63) is 70.7 Å². The fourth-order valence-corrected chi connectivity index (χ4v) is 4.07. The van der Waals surface area contributed by atoms with Crippen LogP contribution < -0.4 is 5.56 Å². The molecule has 3 aromatic heterocycles. The number of hydrogen-bond donors (Lipinski definition) is 1. The zero-order valence-electron chi connectivity index (χ0n) is 16.7. The van der Waals surface area contributed by atoms with Gasteiger partial charge in [-0.15, -0.1) is 0 Å². The predicted octanol–water partition coefficient (Wildman–Crippen LogP) is 2.46. The average Bonchev–Trinajstić information content (AvgIpc) is 3.27. The van der Waals surface area contributed by atoms with Crippen LogP contribution in [0.1, 0.15) is 29.1 Å². The Hall–Kier alpha value is -3.88. The number of para-hydroxylation sites is 1.